The highest BCUT2D eigenvalue weighted by Gasteiger charge is 2.32. The molecule has 1 heterocycles. The lowest BCUT2D eigenvalue weighted by Crippen LogP contribution is -2.29. The van der Waals surface area contributed by atoms with E-state index in [0.717, 1.165) is 17.7 Å². The minimum absolute atomic E-state index is 0.130. The monoisotopic (exact) mass is 448 g/mol. The lowest BCUT2D eigenvalue weighted by Gasteiger charge is -2.15. The van der Waals surface area contributed by atoms with Crippen LogP contribution in [0.3, 0.4) is 0 Å². The number of likely N-dealkylation sites (tertiary alicyclic amines) is 1. The van der Waals surface area contributed by atoms with E-state index in [1.807, 2.05) is 0 Å². The zero-order valence-corrected chi connectivity index (χ0v) is 17.0. The summed E-state index contributed by atoms with van der Waals surface area (Å²) in [4.78, 5) is 25.6. The second kappa shape index (κ2) is 9.97. The molecule has 9 heteroatoms. The molecule has 0 bridgehead atoms. The number of rotatable bonds is 6. The van der Waals surface area contributed by atoms with Crippen LogP contribution in [0, 0.1) is 0 Å². The normalized spacial score (nSPS) is 18.8. The van der Waals surface area contributed by atoms with Crippen molar-refractivity contribution in [3.05, 3.63) is 71.3 Å². The van der Waals surface area contributed by atoms with Crippen LogP contribution in [0.15, 0.2) is 54.6 Å². The summed E-state index contributed by atoms with van der Waals surface area (Å²) in [6.45, 7) is 0.260. The number of aliphatic hydroxyl groups excluding tert-OH is 2. The molecule has 0 aromatic heterocycles. The molecule has 3 rings (SSSR count). The van der Waals surface area contributed by atoms with Crippen molar-refractivity contribution in [3.63, 3.8) is 0 Å². The highest BCUT2D eigenvalue weighted by atomic mass is 19.4. The third-order valence-electron chi connectivity index (χ3n) is 5.13. The quantitative estimate of drug-likeness (QED) is 0.593. The number of nitrogens with one attached hydrogen (secondary N) is 1. The standard InChI is InChI=1S/C23H23F3N2O4/c24-23(25,26)17-7-1-15(2-8-17)5-11-21(31)27-18-9-3-16(4-10-18)6-12-22(32)28-13-19(29)20(30)14-28/h1-5,7-11,19-20,29-30H,6,12-14H2,(H,27,31)/b11-5+/t19-,20-/m0/s1. The topological polar surface area (TPSA) is 89.9 Å². The Bertz CT molecular complexity index is 962. The maximum absolute atomic E-state index is 12.6. The smallest absolute Gasteiger partial charge is 0.388 e. The third-order valence-corrected chi connectivity index (χ3v) is 5.13. The fourth-order valence-electron chi connectivity index (χ4n) is 3.28. The molecule has 2 aromatic carbocycles. The first-order valence-corrected chi connectivity index (χ1v) is 10.0. The Morgan fingerprint density at radius 3 is 2.16 bits per heavy atom. The molecule has 0 spiro atoms. The first-order valence-electron chi connectivity index (χ1n) is 10.0. The van der Waals surface area contributed by atoms with Crippen molar-refractivity contribution >= 4 is 23.6 Å². The number of benzene rings is 2. The molecule has 0 unspecified atom stereocenters. The molecule has 2 amide bonds. The lowest BCUT2D eigenvalue weighted by molar-refractivity contribution is -0.137. The Balaban J connectivity index is 1.47. The number of alkyl halides is 3. The maximum Gasteiger partial charge on any atom is 0.416 e. The highest BCUT2D eigenvalue weighted by molar-refractivity contribution is 6.01. The summed E-state index contributed by atoms with van der Waals surface area (Å²) in [6, 6.07) is 11.4. The first kappa shape index (κ1) is 23.5. The van der Waals surface area contributed by atoms with Crippen molar-refractivity contribution in [2.45, 2.75) is 31.2 Å². The number of carbonyl (C=O) groups excluding carboxylic acids is 2. The minimum atomic E-state index is -4.40. The van der Waals surface area contributed by atoms with Crippen LogP contribution in [0.5, 0.6) is 0 Å². The number of aryl methyl sites for hydroxylation is 1. The summed E-state index contributed by atoms with van der Waals surface area (Å²) in [5, 5.41) is 21.7. The molecule has 0 aliphatic carbocycles. The number of nitrogens with zero attached hydrogens (tertiary/aromatic N) is 1. The van der Waals surface area contributed by atoms with Gasteiger partial charge in [0.25, 0.3) is 0 Å². The van der Waals surface area contributed by atoms with Crippen LogP contribution in [0.2, 0.25) is 0 Å². The second-order valence-corrected chi connectivity index (χ2v) is 7.57. The number of β-amino-alcohol motifs (C(OH)–C–C–N with tert-alkyl or cyclic N) is 2. The van der Waals surface area contributed by atoms with Crippen molar-refractivity contribution in [1.29, 1.82) is 0 Å². The van der Waals surface area contributed by atoms with Crippen LogP contribution < -0.4 is 5.32 Å². The second-order valence-electron chi connectivity index (χ2n) is 7.57. The molecular formula is C23H23F3N2O4. The number of amides is 2. The predicted octanol–water partition coefficient (Wildman–Crippen LogP) is 2.85. The molecule has 1 aliphatic heterocycles. The number of hydrogen-bond donors (Lipinski definition) is 3. The van der Waals surface area contributed by atoms with E-state index in [2.05, 4.69) is 5.32 Å². The van der Waals surface area contributed by atoms with Gasteiger partial charge in [-0.25, -0.2) is 0 Å². The fraction of sp³-hybridized carbons (Fsp3) is 0.304. The van der Waals surface area contributed by atoms with Gasteiger partial charge in [-0.1, -0.05) is 24.3 Å². The maximum atomic E-state index is 12.6. The number of halogens is 3. The largest absolute Gasteiger partial charge is 0.416 e. The number of hydrogen-bond acceptors (Lipinski definition) is 4. The summed E-state index contributed by atoms with van der Waals surface area (Å²) in [5.41, 5.74) is 1.13. The summed E-state index contributed by atoms with van der Waals surface area (Å²) in [7, 11) is 0. The van der Waals surface area contributed by atoms with E-state index >= 15 is 0 Å². The van der Waals surface area contributed by atoms with Crippen molar-refractivity contribution in [2.24, 2.45) is 0 Å². The highest BCUT2D eigenvalue weighted by Crippen LogP contribution is 2.29. The van der Waals surface area contributed by atoms with Crippen LogP contribution in [0.4, 0.5) is 18.9 Å². The molecule has 0 radical (unpaired) electrons. The zero-order chi connectivity index (χ0) is 23.3. The summed E-state index contributed by atoms with van der Waals surface area (Å²) < 4.78 is 37.7. The van der Waals surface area contributed by atoms with Crippen molar-refractivity contribution in [3.8, 4) is 0 Å². The van der Waals surface area contributed by atoms with Crippen molar-refractivity contribution in [1.82, 2.24) is 4.90 Å². The van der Waals surface area contributed by atoms with E-state index in [0.29, 0.717) is 17.7 Å². The Morgan fingerprint density at radius 2 is 1.59 bits per heavy atom. The number of carbonyl (C=O) groups is 2. The molecule has 6 nitrogen and oxygen atoms in total. The van der Waals surface area contributed by atoms with Crippen LogP contribution in [-0.2, 0) is 22.2 Å². The Labute approximate surface area is 183 Å². The third kappa shape index (κ3) is 6.41. The van der Waals surface area contributed by atoms with Gasteiger partial charge in [0.2, 0.25) is 11.8 Å². The minimum Gasteiger partial charge on any atom is -0.388 e. The molecule has 3 N–H and O–H groups in total. The van der Waals surface area contributed by atoms with Crippen molar-refractivity contribution < 1.29 is 33.0 Å². The molecule has 1 fully saturated rings. The summed E-state index contributed by atoms with van der Waals surface area (Å²) in [5.74, 6) is -0.578. The van der Waals surface area contributed by atoms with Gasteiger partial charge >= 0.3 is 6.18 Å². The van der Waals surface area contributed by atoms with Gasteiger partial charge in [0.05, 0.1) is 17.8 Å². The SMILES string of the molecule is O=C(/C=C/c1ccc(C(F)(F)F)cc1)Nc1ccc(CCC(=O)N2C[C@H](O)[C@@H](O)C2)cc1. The molecule has 2 atom stereocenters. The summed E-state index contributed by atoms with van der Waals surface area (Å²) in [6.07, 6.45) is -2.86. The predicted molar refractivity (Wildman–Crippen MR) is 112 cm³/mol. The van der Waals surface area contributed by atoms with Crippen LogP contribution in [0.1, 0.15) is 23.1 Å². The fourth-order valence-corrected chi connectivity index (χ4v) is 3.28. The molecule has 1 saturated heterocycles. The van der Waals surface area contributed by atoms with Gasteiger partial charge in [-0.2, -0.15) is 13.2 Å². The molecule has 2 aromatic rings. The van der Waals surface area contributed by atoms with E-state index in [4.69, 9.17) is 0 Å². The number of aliphatic hydroxyl groups is 2. The van der Waals surface area contributed by atoms with Gasteiger partial charge in [-0.3, -0.25) is 9.59 Å². The van der Waals surface area contributed by atoms with E-state index in [9.17, 15) is 33.0 Å². The molecule has 32 heavy (non-hydrogen) atoms. The van der Waals surface area contributed by atoms with Crippen LogP contribution in [0.25, 0.3) is 6.08 Å². The Kier molecular flexibility index (Phi) is 7.32. The van der Waals surface area contributed by atoms with Crippen LogP contribution in [-0.4, -0.2) is 52.2 Å². The van der Waals surface area contributed by atoms with Gasteiger partial charge in [0.1, 0.15) is 0 Å². The molecular weight excluding hydrogens is 425 g/mol. The Hall–Kier alpha value is -3.17. The average molecular weight is 448 g/mol. The van der Waals surface area contributed by atoms with Gasteiger partial charge in [-0.15, -0.1) is 0 Å². The van der Waals surface area contributed by atoms with E-state index in [1.165, 1.54) is 29.2 Å². The van der Waals surface area contributed by atoms with Gasteiger partial charge < -0.3 is 20.4 Å². The van der Waals surface area contributed by atoms with Crippen molar-refractivity contribution in [2.75, 3.05) is 18.4 Å². The average Bonchev–Trinajstić information content (AvgIpc) is 3.09. The molecule has 170 valence electrons. The molecule has 0 saturated carbocycles. The lowest BCUT2D eigenvalue weighted by atomic mass is 10.1. The Morgan fingerprint density at radius 1 is 1.00 bits per heavy atom. The van der Waals surface area contributed by atoms with E-state index < -0.39 is 29.9 Å². The van der Waals surface area contributed by atoms with Gasteiger partial charge in [0.15, 0.2) is 0 Å². The van der Waals surface area contributed by atoms with Crippen LogP contribution >= 0.6 is 0 Å². The van der Waals surface area contributed by atoms with E-state index in [1.54, 1.807) is 24.3 Å². The zero-order valence-electron chi connectivity index (χ0n) is 17.0. The summed E-state index contributed by atoms with van der Waals surface area (Å²) >= 11 is 0. The first-order chi connectivity index (χ1) is 15.1. The van der Waals surface area contributed by atoms with E-state index in [-0.39, 0.29) is 25.4 Å². The number of anilines is 1. The van der Waals surface area contributed by atoms with Gasteiger partial charge in [0, 0.05) is 31.3 Å². The molecule has 1 aliphatic rings. The van der Waals surface area contributed by atoms with Gasteiger partial charge in [-0.05, 0) is 47.9 Å².